The Morgan fingerprint density at radius 3 is 2.32 bits per heavy atom. The summed E-state index contributed by atoms with van der Waals surface area (Å²) in [6, 6.07) is 0. The van der Waals surface area contributed by atoms with Crippen molar-refractivity contribution in [3.63, 3.8) is 0 Å². The summed E-state index contributed by atoms with van der Waals surface area (Å²) in [6.07, 6.45) is 4.95. The van der Waals surface area contributed by atoms with E-state index in [9.17, 15) is 8.42 Å². The zero-order valence-corrected chi connectivity index (χ0v) is 13.2. The van der Waals surface area contributed by atoms with E-state index in [-0.39, 0.29) is 0 Å². The molecule has 0 amide bonds. The maximum atomic E-state index is 12.0. The summed E-state index contributed by atoms with van der Waals surface area (Å²) in [7, 11) is -3.45. The summed E-state index contributed by atoms with van der Waals surface area (Å²) < 4.78 is 29.5. The van der Waals surface area contributed by atoms with Gasteiger partial charge in [-0.15, -0.1) is 0 Å². The van der Waals surface area contributed by atoms with E-state index >= 15 is 0 Å². The molecule has 1 saturated carbocycles. The second-order valence-corrected chi connectivity index (χ2v) is 7.68. The first-order chi connectivity index (χ1) is 8.82. The van der Waals surface area contributed by atoms with Crippen molar-refractivity contribution in [2.45, 2.75) is 58.4 Å². The fraction of sp³-hybridized carbons (Fsp3) is 1.00. The Bertz CT molecular complexity index is 360. The summed E-state index contributed by atoms with van der Waals surface area (Å²) in [5, 5.41) is 0. The van der Waals surface area contributed by atoms with Crippen molar-refractivity contribution in [2.75, 3.05) is 13.1 Å². The number of hydrogen-bond acceptors (Lipinski definition) is 3. The van der Waals surface area contributed by atoms with Crippen molar-refractivity contribution in [3.8, 4) is 0 Å². The molecule has 1 fully saturated rings. The number of nitrogens with one attached hydrogen (secondary N) is 2. The van der Waals surface area contributed by atoms with Crippen LogP contribution >= 0.6 is 0 Å². The minimum Gasteiger partial charge on any atom is -0.329 e. The van der Waals surface area contributed by atoms with E-state index in [1.54, 1.807) is 0 Å². The Balaban J connectivity index is 2.61. The molecule has 1 aliphatic rings. The van der Waals surface area contributed by atoms with Gasteiger partial charge in [-0.2, -0.15) is 13.1 Å². The molecule has 0 spiro atoms. The van der Waals surface area contributed by atoms with Crippen LogP contribution in [0.2, 0.25) is 0 Å². The molecule has 0 aliphatic heterocycles. The van der Waals surface area contributed by atoms with Gasteiger partial charge >= 0.3 is 0 Å². The van der Waals surface area contributed by atoms with Gasteiger partial charge in [0.25, 0.3) is 10.2 Å². The average Bonchev–Trinajstić information content (AvgIpc) is 2.37. The molecule has 1 aliphatic carbocycles. The normalized spacial score (nSPS) is 28.8. The molecular formula is C13H29N3O2S. The lowest BCUT2D eigenvalue weighted by Crippen LogP contribution is -2.58. The molecule has 0 aromatic carbocycles. The Kier molecular flexibility index (Phi) is 6.23. The molecule has 4 N–H and O–H groups in total. The average molecular weight is 291 g/mol. The van der Waals surface area contributed by atoms with Crippen LogP contribution in [0.15, 0.2) is 0 Å². The predicted molar refractivity (Wildman–Crippen MR) is 78.9 cm³/mol. The van der Waals surface area contributed by atoms with Crippen LogP contribution in [0.3, 0.4) is 0 Å². The van der Waals surface area contributed by atoms with Gasteiger partial charge < -0.3 is 5.73 Å². The lowest BCUT2D eigenvalue weighted by atomic mass is 9.76. The second-order valence-electron chi connectivity index (χ2n) is 6.18. The first kappa shape index (κ1) is 16.9. The van der Waals surface area contributed by atoms with Crippen molar-refractivity contribution in [3.05, 3.63) is 0 Å². The van der Waals surface area contributed by atoms with Crippen LogP contribution in [-0.4, -0.2) is 27.0 Å². The van der Waals surface area contributed by atoms with E-state index in [0.29, 0.717) is 24.9 Å². The summed E-state index contributed by atoms with van der Waals surface area (Å²) >= 11 is 0. The van der Waals surface area contributed by atoms with E-state index in [0.717, 1.165) is 25.7 Å². The molecule has 6 heteroatoms. The third-order valence-electron chi connectivity index (χ3n) is 4.06. The van der Waals surface area contributed by atoms with Gasteiger partial charge in [0.1, 0.15) is 0 Å². The van der Waals surface area contributed by atoms with Gasteiger partial charge in [0, 0.05) is 18.6 Å². The van der Waals surface area contributed by atoms with E-state index < -0.39 is 15.7 Å². The van der Waals surface area contributed by atoms with E-state index in [2.05, 4.69) is 16.4 Å². The molecule has 0 atom stereocenters. The summed E-state index contributed by atoms with van der Waals surface area (Å²) in [5.74, 6) is 1.01. The van der Waals surface area contributed by atoms with Crippen LogP contribution in [-0.2, 0) is 10.2 Å². The fourth-order valence-electron chi connectivity index (χ4n) is 2.58. The maximum Gasteiger partial charge on any atom is 0.277 e. The van der Waals surface area contributed by atoms with Crippen LogP contribution in [0.25, 0.3) is 0 Å². The lowest BCUT2D eigenvalue weighted by Gasteiger charge is -2.39. The Morgan fingerprint density at radius 2 is 1.89 bits per heavy atom. The zero-order valence-electron chi connectivity index (χ0n) is 12.4. The van der Waals surface area contributed by atoms with Crippen molar-refractivity contribution < 1.29 is 8.42 Å². The van der Waals surface area contributed by atoms with Crippen LogP contribution in [0, 0.1) is 11.8 Å². The monoisotopic (exact) mass is 291 g/mol. The second kappa shape index (κ2) is 7.02. The fourth-order valence-corrected chi connectivity index (χ4v) is 4.07. The van der Waals surface area contributed by atoms with Gasteiger partial charge in [-0.25, -0.2) is 4.72 Å². The maximum absolute atomic E-state index is 12.0. The van der Waals surface area contributed by atoms with Crippen LogP contribution in [0.5, 0.6) is 0 Å². The highest BCUT2D eigenvalue weighted by Crippen LogP contribution is 2.33. The molecule has 0 saturated heterocycles. The first-order valence-corrected chi connectivity index (χ1v) is 8.79. The molecule has 114 valence electrons. The highest BCUT2D eigenvalue weighted by molar-refractivity contribution is 7.87. The Morgan fingerprint density at radius 1 is 1.32 bits per heavy atom. The van der Waals surface area contributed by atoms with Gasteiger partial charge in [-0.05, 0) is 37.5 Å². The smallest absolute Gasteiger partial charge is 0.277 e. The van der Waals surface area contributed by atoms with Crippen molar-refractivity contribution in [1.29, 1.82) is 0 Å². The van der Waals surface area contributed by atoms with Crippen LogP contribution in [0.1, 0.15) is 52.9 Å². The molecule has 5 nitrogen and oxygen atoms in total. The number of rotatable bonds is 7. The summed E-state index contributed by atoms with van der Waals surface area (Å²) in [6.45, 7) is 6.97. The van der Waals surface area contributed by atoms with E-state index in [4.69, 9.17) is 5.73 Å². The largest absolute Gasteiger partial charge is 0.329 e. The molecule has 0 unspecified atom stereocenters. The highest BCUT2D eigenvalue weighted by atomic mass is 32.2. The van der Waals surface area contributed by atoms with Gasteiger partial charge in [0.05, 0.1) is 0 Å². The predicted octanol–water partition coefficient (Wildman–Crippen LogP) is 1.36. The molecule has 0 radical (unpaired) electrons. The number of hydrogen-bond donors (Lipinski definition) is 3. The molecular weight excluding hydrogens is 262 g/mol. The Labute approximate surface area is 117 Å². The van der Waals surface area contributed by atoms with Crippen LogP contribution in [0.4, 0.5) is 0 Å². The zero-order chi connectivity index (χ0) is 14.5. The molecule has 0 aromatic rings. The van der Waals surface area contributed by atoms with Gasteiger partial charge in [-0.3, -0.25) is 0 Å². The van der Waals surface area contributed by atoms with Gasteiger partial charge in [-0.1, -0.05) is 27.2 Å². The highest BCUT2D eigenvalue weighted by Gasteiger charge is 2.36. The van der Waals surface area contributed by atoms with E-state index in [1.165, 1.54) is 6.42 Å². The first-order valence-electron chi connectivity index (χ1n) is 7.31. The topological polar surface area (TPSA) is 84.2 Å². The molecule has 0 bridgehead atoms. The van der Waals surface area contributed by atoms with Crippen molar-refractivity contribution >= 4 is 10.2 Å². The molecule has 0 heterocycles. The quantitative estimate of drug-likeness (QED) is 0.662. The Hall–Kier alpha value is -0.170. The van der Waals surface area contributed by atoms with Gasteiger partial charge in [0.2, 0.25) is 0 Å². The van der Waals surface area contributed by atoms with Crippen LogP contribution < -0.4 is 15.2 Å². The standard InChI is InChI=1S/C13H29N3O2S/c1-4-12-5-7-13(10-14,8-6-12)16-19(17,18)15-9-11(2)3/h11-12,15-16H,4-10,14H2,1-3H3. The third-order valence-corrected chi connectivity index (χ3v) is 5.31. The number of nitrogens with two attached hydrogens (primary N) is 1. The lowest BCUT2D eigenvalue weighted by molar-refractivity contribution is 0.217. The van der Waals surface area contributed by atoms with Crippen molar-refractivity contribution in [1.82, 2.24) is 9.44 Å². The molecule has 1 rings (SSSR count). The third kappa shape index (κ3) is 5.38. The molecule has 0 aromatic heterocycles. The summed E-state index contributed by atoms with van der Waals surface area (Å²) in [4.78, 5) is 0. The van der Waals surface area contributed by atoms with E-state index in [1.807, 2.05) is 13.8 Å². The minimum absolute atomic E-state index is 0.293. The molecule has 19 heavy (non-hydrogen) atoms. The van der Waals surface area contributed by atoms with Gasteiger partial charge in [0.15, 0.2) is 0 Å². The SMILES string of the molecule is CCC1CCC(CN)(NS(=O)(=O)NCC(C)C)CC1. The minimum atomic E-state index is -3.45. The van der Waals surface area contributed by atoms with Crippen molar-refractivity contribution in [2.24, 2.45) is 17.6 Å². The summed E-state index contributed by atoms with van der Waals surface area (Å²) in [5.41, 5.74) is 5.38.